The van der Waals surface area contributed by atoms with Crippen molar-refractivity contribution in [2.75, 3.05) is 16.8 Å². The number of nitrogens with one attached hydrogen (secondary N) is 1. The number of aromatic nitrogens is 2. The first kappa shape index (κ1) is 14.7. The molecule has 1 N–H and O–H groups in total. The molecule has 0 bridgehead atoms. The molecule has 2 heterocycles. The van der Waals surface area contributed by atoms with Crippen LogP contribution in [0.25, 0.3) is 0 Å². The van der Waals surface area contributed by atoms with E-state index in [0.29, 0.717) is 24.2 Å². The Morgan fingerprint density at radius 2 is 2.42 bits per heavy atom. The van der Waals surface area contributed by atoms with Crippen molar-refractivity contribution >= 4 is 29.1 Å². The van der Waals surface area contributed by atoms with Gasteiger partial charge in [-0.15, -0.1) is 0 Å². The molecule has 1 aromatic rings. The topological polar surface area (TPSA) is 46.9 Å². The van der Waals surface area contributed by atoms with E-state index in [1.807, 2.05) is 25.6 Å². The van der Waals surface area contributed by atoms with Crippen molar-refractivity contribution < 1.29 is 0 Å². The Labute approximate surface area is 122 Å². The molecule has 0 radical (unpaired) electrons. The van der Waals surface area contributed by atoms with E-state index in [1.165, 1.54) is 16.9 Å². The molecule has 6 heteroatoms. The maximum Gasteiger partial charge on any atom is 0.287 e. The minimum absolute atomic E-state index is 0.205. The van der Waals surface area contributed by atoms with Gasteiger partial charge in [-0.05, 0) is 24.5 Å². The maximum absolute atomic E-state index is 12.1. The van der Waals surface area contributed by atoms with E-state index in [1.54, 1.807) is 6.20 Å². The predicted octanol–water partition coefficient (Wildman–Crippen LogP) is 2.86. The second kappa shape index (κ2) is 6.66. The molecule has 1 unspecified atom stereocenters. The number of thioether (sulfide) groups is 1. The van der Waals surface area contributed by atoms with Gasteiger partial charge >= 0.3 is 0 Å². The van der Waals surface area contributed by atoms with Crippen LogP contribution in [0, 0.1) is 5.92 Å². The normalized spacial score (nSPS) is 19.7. The summed E-state index contributed by atoms with van der Waals surface area (Å²) in [5.41, 5.74) is 0.461. The lowest BCUT2D eigenvalue weighted by atomic mass is 10.2. The van der Waals surface area contributed by atoms with Crippen LogP contribution in [0.5, 0.6) is 0 Å². The molecule has 0 spiro atoms. The summed E-state index contributed by atoms with van der Waals surface area (Å²) in [6.45, 7) is 4.69. The molecule has 1 atom stereocenters. The van der Waals surface area contributed by atoms with Gasteiger partial charge in [0.25, 0.3) is 5.56 Å². The highest BCUT2D eigenvalue weighted by atomic mass is 35.5. The number of hydrogen-bond donors (Lipinski definition) is 1. The van der Waals surface area contributed by atoms with Crippen LogP contribution in [0.4, 0.5) is 5.69 Å². The lowest BCUT2D eigenvalue weighted by molar-refractivity contribution is 0.464. The van der Waals surface area contributed by atoms with Crippen molar-refractivity contribution in [3.05, 3.63) is 21.6 Å². The zero-order valence-corrected chi connectivity index (χ0v) is 12.9. The van der Waals surface area contributed by atoms with Gasteiger partial charge in [-0.1, -0.05) is 25.4 Å². The summed E-state index contributed by atoms with van der Waals surface area (Å²) < 4.78 is 1.44. The molecule has 0 saturated carbocycles. The van der Waals surface area contributed by atoms with Crippen LogP contribution in [0.1, 0.15) is 26.7 Å². The fourth-order valence-corrected chi connectivity index (χ4v) is 3.39. The standard InChI is InChI=1S/C13H20ClN3OS/c1-9(2)7-17-13(18)12(14)11(6-15-17)16-10-4-3-5-19-8-10/h6,9-10,16H,3-5,7-8H2,1-2H3. The Kier molecular flexibility index (Phi) is 5.16. The summed E-state index contributed by atoms with van der Waals surface area (Å²) in [4.78, 5) is 12.1. The van der Waals surface area contributed by atoms with Crippen LogP contribution in [-0.2, 0) is 6.54 Å². The monoisotopic (exact) mass is 301 g/mol. The third-order valence-electron chi connectivity index (χ3n) is 3.04. The Balaban J connectivity index is 2.13. The molecule has 19 heavy (non-hydrogen) atoms. The van der Waals surface area contributed by atoms with Crippen molar-refractivity contribution in [2.24, 2.45) is 5.92 Å². The van der Waals surface area contributed by atoms with Crippen LogP contribution in [0.15, 0.2) is 11.0 Å². The van der Waals surface area contributed by atoms with E-state index >= 15 is 0 Å². The van der Waals surface area contributed by atoms with Gasteiger partial charge in [0.15, 0.2) is 0 Å². The minimum Gasteiger partial charge on any atom is -0.379 e. The maximum atomic E-state index is 12.1. The summed E-state index contributed by atoms with van der Waals surface area (Å²) in [5.74, 6) is 2.65. The SMILES string of the molecule is CC(C)Cn1ncc(NC2CCCSC2)c(Cl)c1=O. The summed E-state index contributed by atoms with van der Waals surface area (Å²) in [6.07, 6.45) is 4.00. The fraction of sp³-hybridized carbons (Fsp3) is 0.692. The van der Waals surface area contributed by atoms with Crippen LogP contribution < -0.4 is 10.9 Å². The van der Waals surface area contributed by atoms with E-state index < -0.39 is 0 Å². The van der Waals surface area contributed by atoms with Crippen molar-refractivity contribution in [3.8, 4) is 0 Å². The van der Waals surface area contributed by atoms with Crippen molar-refractivity contribution in [1.82, 2.24) is 9.78 Å². The zero-order chi connectivity index (χ0) is 13.8. The van der Waals surface area contributed by atoms with E-state index in [0.717, 1.165) is 12.2 Å². The quantitative estimate of drug-likeness (QED) is 0.929. The second-order valence-electron chi connectivity index (χ2n) is 5.31. The molecule has 0 amide bonds. The first-order valence-electron chi connectivity index (χ1n) is 6.68. The summed E-state index contributed by atoms with van der Waals surface area (Å²) in [6, 6.07) is 0.387. The van der Waals surface area contributed by atoms with Crippen molar-refractivity contribution in [2.45, 2.75) is 39.3 Å². The average Bonchev–Trinajstić information content (AvgIpc) is 2.39. The number of rotatable bonds is 4. The Bertz CT molecular complexity index is 483. The molecule has 0 aromatic carbocycles. The Morgan fingerprint density at radius 3 is 3.05 bits per heavy atom. The molecule has 4 nitrogen and oxygen atoms in total. The van der Waals surface area contributed by atoms with Gasteiger partial charge in [-0.25, -0.2) is 4.68 Å². The molecule has 1 aromatic heterocycles. The first-order chi connectivity index (χ1) is 9.08. The van der Waals surface area contributed by atoms with Crippen LogP contribution in [0.3, 0.4) is 0 Å². The molecule has 0 aliphatic carbocycles. The largest absolute Gasteiger partial charge is 0.379 e. The van der Waals surface area contributed by atoms with Gasteiger partial charge in [0.1, 0.15) is 5.02 Å². The van der Waals surface area contributed by atoms with Gasteiger partial charge in [-0.3, -0.25) is 4.79 Å². The number of halogens is 1. The average molecular weight is 302 g/mol. The van der Waals surface area contributed by atoms with E-state index in [4.69, 9.17) is 11.6 Å². The van der Waals surface area contributed by atoms with E-state index in [9.17, 15) is 4.79 Å². The van der Waals surface area contributed by atoms with Gasteiger partial charge in [0, 0.05) is 18.3 Å². The summed E-state index contributed by atoms with van der Waals surface area (Å²) >= 11 is 8.09. The smallest absolute Gasteiger partial charge is 0.287 e. The number of hydrogen-bond acceptors (Lipinski definition) is 4. The lowest BCUT2D eigenvalue weighted by Gasteiger charge is -2.23. The molecule has 1 saturated heterocycles. The third-order valence-corrected chi connectivity index (χ3v) is 4.62. The summed E-state index contributed by atoms with van der Waals surface area (Å²) in [5, 5.41) is 7.79. The molecule has 1 fully saturated rings. The Hall–Kier alpha value is -0.680. The van der Waals surface area contributed by atoms with Gasteiger partial charge in [0.2, 0.25) is 0 Å². The highest BCUT2D eigenvalue weighted by molar-refractivity contribution is 7.99. The Morgan fingerprint density at radius 1 is 1.63 bits per heavy atom. The lowest BCUT2D eigenvalue weighted by Crippen LogP contribution is -2.30. The van der Waals surface area contributed by atoms with E-state index in [-0.39, 0.29) is 10.6 Å². The zero-order valence-electron chi connectivity index (χ0n) is 11.4. The van der Waals surface area contributed by atoms with Crippen molar-refractivity contribution in [1.29, 1.82) is 0 Å². The second-order valence-corrected chi connectivity index (χ2v) is 6.84. The molecular formula is C13H20ClN3OS. The predicted molar refractivity (Wildman–Crippen MR) is 82.3 cm³/mol. The molecular weight excluding hydrogens is 282 g/mol. The molecule has 106 valence electrons. The van der Waals surface area contributed by atoms with Crippen LogP contribution >= 0.6 is 23.4 Å². The fourth-order valence-electron chi connectivity index (χ4n) is 2.12. The number of nitrogens with zero attached hydrogens (tertiary/aromatic N) is 2. The summed E-state index contributed by atoms with van der Waals surface area (Å²) in [7, 11) is 0. The first-order valence-corrected chi connectivity index (χ1v) is 8.21. The molecule has 1 aliphatic rings. The molecule has 2 rings (SSSR count). The van der Waals surface area contributed by atoms with Crippen LogP contribution in [-0.4, -0.2) is 27.3 Å². The highest BCUT2D eigenvalue weighted by Gasteiger charge is 2.17. The minimum atomic E-state index is -0.205. The van der Waals surface area contributed by atoms with Gasteiger partial charge in [-0.2, -0.15) is 16.9 Å². The van der Waals surface area contributed by atoms with Crippen LogP contribution in [0.2, 0.25) is 5.02 Å². The number of anilines is 1. The van der Waals surface area contributed by atoms with E-state index in [2.05, 4.69) is 10.4 Å². The van der Waals surface area contributed by atoms with Gasteiger partial charge in [0.05, 0.1) is 11.9 Å². The third kappa shape index (κ3) is 3.89. The molecule has 1 aliphatic heterocycles. The van der Waals surface area contributed by atoms with Crippen molar-refractivity contribution in [3.63, 3.8) is 0 Å². The van der Waals surface area contributed by atoms with Gasteiger partial charge < -0.3 is 5.32 Å². The highest BCUT2D eigenvalue weighted by Crippen LogP contribution is 2.23.